The van der Waals surface area contributed by atoms with Crippen LogP contribution in [0.15, 0.2) is 35.3 Å². The predicted octanol–water partition coefficient (Wildman–Crippen LogP) is 2.63. The largest absolute Gasteiger partial charge is 0.381 e. The van der Waals surface area contributed by atoms with Gasteiger partial charge in [0.25, 0.3) is 0 Å². The van der Waals surface area contributed by atoms with E-state index in [0.717, 1.165) is 64.5 Å². The van der Waals surface area contributed by atoms with Crippen molar-refractivity contribution in [2.45, 2.75) is 26.2 Å². The minimum absolute atomic E-state index is 0. The smallest absolute Gasteiger partial charge is 0.246 e. The van der Waals surface area contributed by atoms with Gasteiger partial charge in [0.2, 0.25) is 5.91 Å². The molecular formula is C20H33IN4O3. The molecule has 1 saturated heterocycles. The van der Waals surface area contributed by atoms with Crippen LogP contribution in [0.5, 0.6) is 0 Å². The van der Waals surface area contributed by atoms with Gasteiger partial charge < -0.3 is 25.4 Å². The first-order valence-electron chi connectivity index (χ1n) is 9.80. The van der Waals surface area contributed by atoms with Crippen LogP contribution in [0.3, 0.4) is 0 Å². The second-order valence-electron chi connectivity index (χ2n) is 6.52. The molecule has 158 valence electrons. The van der Waals surface area contributed by atoms with Crippen molar-refractivity contribution in [3.63, 3.8) is 0 Å². The minimum Gasteiger partial charge on any atom is -0.381 e. The number of aliphatic imine (C=N–C) groups is 1. The Morgan fingerprint density at radius 3 is 2.68 bits per heavy atom. The molecule has 0 aromatic heterocycles. The zero-order valence-corrected chi connectivity index (χ0v) is 18.9. The lowest BCUT2D eigenvalue weighted by molar-refractivity contribution is -0.114. The highest BCUT2D eigenvalue weighted by molar-refractivity contribution is 14.0. The number of carbonyl (C=O) groups excluding carboxylic acids is 1. The Kier molecular flexibility index (Phi) is 13.7. The third kappa shape index (κ3) is 10.8. The summed E-state index contributed by atoms with van der Waals surface area (Å²) in [4.78, 5) is 16.3. The van der Waals surface area contributed by atoms with Gasteiger partial charge in [0.05, 0.1) is 0 Å². The van der Waals surface area contributed by atoms with Crippen LogP contribution in [0, 0.1) is 5.92 Å². The number of guanidine groups is 1. The number of anilines is 1. The fourth-order valence-electron chi connectivity index (χ4n) is 2.76. The number of rotatable bonds is 10. The first-order chi connectivity index (χ1) is 13.3. The summed E-state index contributed by atoms with van der Waals surface area (Å²) in [5.74, 6) is 1.14. The summed E-state index contributed by atoms with van der Waals surface area (Å²) in [7, 11) is 0. The maximum atomic E-state index is 12.0. The molecule has 0 atom stereocenters. The average Bonchev–Trinajstić information content (AvgIpc) is 2.70. The maximum Gasteiger partial charge on any atom is 0.246 e. The van der Waals surface area contributed by atoms with E-state index in [1.54, 1.807) is 0 Å². The number of hydrogen-bond donors (Lipinski definition) is 3. The van der Waals surface area contributed by atoms with Crippen LogP contribution in [-0.4, -0.2) is 57.9 Å². The van der Waals surface area contributed by atoms with E-state index in [0.29, 0.717) is 11.9 Å². The van der Waals surface area contributed by atoms with E-state index in [9.17, 15) is 4.79 Å². The molecule has 2 rings (SSSR count). The van der Waals surface area contributed by atoms with E-state index < -0.39 is 0 Å². The van der Waals surface area contributed by atoms with Crippen molar-refractivity contribution in [2.24, 2.45) is 10.9 Å². The Hall–Kier alpha value is -1.39. The summed E-state index contributed by atoms with van der Waals surface area (Å²) in [6.45, 7) is 6.82. The van der Waals surface area contributed by atoms with Crippen molar-refractivity contribution in [1.29, 1.82) is 0 Å². The molecule has 0 unspecified atom stereocenters. The number of halogens is 1. The molecule has 0 bridgehead atoms. The standard InChI is InChI=1S/C20H32N4O3.HI/c1-2-21-20(23-15-19(25)24-18-7-4-3-5-8-18)22-11-6-12-27-16-17-9-13-26-14-10-17;/h3-5,7-8,17H,2,6,9-16H2,1H3,(H,24,25)(H2,21,22,23);1H. The van der Waals surface area contributed by atoms with Crippen LogP contribution >= 0.6 is 24.0 Å². The predicted molar refractivity (Wildman–Crippen MR) is 123 cm³/mol. The van der Waals surface area contributed by atoms with Gasteiger partial charge in [-0.05, 0) is 44.2 Å². The van der Waals surface area contributed by atoms with Crippen LogP contribution in [0.2, 0.25) is 0 Å². The summed E-state index contributed by atoms with van der Waals surface area (Å²) in [5, 5.41) is 9.21. The molecule has 8 heteroatoms. The fraction of sp³-hybridized carbons (Fsp3) is 0.600. The lowest BCUT2D eigenvalue weighted by Crippen LogP contribution is -2.38. The maximum absolute atomic E-state index is 12.0. The Labute approximate surface area is 185 Å². The Balaban J connectivity index is 0.00000392. The Bertz CT molecular complexity index is 566. The summed E-state index contributed by atoms with van der Waals surface area (Å²) >= 11 is 0. The molecular weight excluding hydrogens is 471 g/mol. The Morgan fingerprint density at radius 2 is 1.96 bits per heavy atom. The third-order valence-electron chi connectivity index (χ3n) is 4.23. The van der Waals surface area contributed by atoms with Crippen LogP contribution in [0.4, 0.5) is 5.69 Å². The molecule has 0 radical (unpaired) electrons. The lowest BCUT2D eigenvalue weighted by Gasteiger charge is -2.21. The summed E-state index contributed by atoms with van der Waals surface area (Å²) in [5.41, 5.74) is 0.775. The SMILES string of the molecule is CCNC(=NCC(=O)Nc1ccccc1)NCCCOCC1CCOCC1.I. The van der Waals surface area contributed by atoms with Gasteiger partial charge >= 0.3 is 0 Å². The Morgan fingerprint density at radius 1 is 1.21 bits per heavy atom. The molecule has 28 heavy (non-hydrogen) atoms. The summed E-state index contributed by atoms with van der Waals surface area (Å²) < 4.78 is 11.1. The monoisotopic (exact) mass is 504 g/mol. The molecule has 1 aliphatic heterocycles. The van der Waals surface area contributed by atoms with Crippen molar-refractivity contribution < 1.29 is 14.3 Å². The van der Waals surface area contributed by atoms with Gasteiger partial charge in [-0.15, -0.1) is 24.0 Å². The molecule has 0 saturated carbocycles. The highest BCUT2D eigenvalue weighted by Crippen LogP contribution is 2.14. The topological polar surface area (TPSA) is 84.0 Å². The van der Waals surface area contributed by atoms with Gasteiger partial charge in [-0.3, -0.25) is 4.79 Å². The number of benzene rings is 1. The summed E-state index contributed by atoms with van der Waals surface area (Å²) in [6.07, 6.45) is 3.09. The second-order valence-corrected chi connectivity index (χ2v) is 6.52. The number of nitrogens with one attached hydrogen (secondary N) is 3. The zero-order valence-electron chi connectivity index (χ0n) is 16.6. The van der Waals surface area contributed by atoms with Crippen molar-refractivity contribution in [1.82, 2.24) is 10.6 Å². The van der Waals surface area contributed by atoms with E-state index in [1.165, 1.54) is 0 Å². The number of nitrogens with zero attached hydrogens (tertiary/aromatic N) is 1. The number of hydrogen-bond acceptors (Lipinski definition) is 4. The van der Waals surface area contributed by atoms with Crippen LogP contribution in [0.25, 0.3) is 0 Å². The molecule has 0 aliphatic carbocycles. The molecule has 7 nitrogen and oxygen atoms in total. The van der Waals surface area contributed by atoms with E-state index in [1.807, 2.05) is 37.3 Å². The van der Waals surface area contributed by atoms with Gasteiger partial charge in [0.1, 0.15) is 6.54 Å². The van der Waals surface area contributed by atoms with Gasteiger partial charge in [-0.1, -0.05) is 18.2 Å². The van der Waals surface area contributed by atoms with Crippen molar-refractivity contribution >= 4 is 41.5 Å². The van der Waals surface area contributed by atoms with Gasteiger partial charge in [0.15, 0.2) is 5.96 Å². The van der Waals surface area contributed by atoms with E-state index in [4.69, 9.17) is 9.47 Å². The van der Waals surface area contributed by atoms with Crippen molar-refractivity contribution in [2.75, 3.05) is 51.4 Å². The minimum atomic E-state index is -0.141. The molecule has 1 heterocycles. The molecule has 1 amide bonds. The van der Waals surface area contributed by atoms with E-state index in [2.05, 4.69) is 20.9 Å². The van der Waals surface area contributed by atoms with Crippen molar-refractivity contribution in [3.05, 3.63) is 30.3 Å². The number of para-hydroxylation sites is 1. The third-order valence-corrected chi connectivity index (χ3v) is 4.23. The van der Waals surface area contributed by atoms with Gasteiger partial charge in [0, 0.05) is 45.2 Å². The van der Waals surface area contributed by atoms with Crippen molar-refractivity contribution in [3.8, 4) is 0 Å². The molecule has 3 N–H and O–H groups in total. The number of ether oxygens (including phenoxy) is 2. The summed E-state index contributed by atoms with van der Waals surface area (Å²) in [6, 6.07) is 9.38. The molecule has 1 aromatic rings. The van der Waals surface area contributed by atoms with E-state index in [-0.39, 0.29) is 36.4 Å². The highest BCUT2D eigenvalue weighted by Gasteiger charge is 2.13. The molecule has 1 aliphatic rings. The number of amides is 1. The second kappa shape index (κ2) is 15.5. The van der Waals surface area contributed by atoms with Gasteiger partial charge in [-0.2, -0.15) is 0 Å². The van der Waals surface area contributed by atoms with E-state index >= 15 is 0 Å². The van der Waals surface area contributed by atoms with Gasteiger partial charge in [-0.25, -0.2) is 4.99 Å². The normalized spacial score (nSPS) is 14.8. The first-order valence-corrected chi connectivity index (χ1v) is 9.80. The van der Waals surface area contributed by atoms with Crippen LogP contribution in [0.1, 0.15) is 26.2 Å². The lowest BCUT2D eigenvalue weighted by atomic mass is 10.0. The molecule has 1 fully saturated rings. The van der Waals surface area contributed by atoms with Crippen LogP contribution < -0.4 is 16.0 Å². The fourth-order valence-corrected chi connectivity index (χ4v) is 2.76. The average molecular weight is 504 g/mol. The quantitative estimate of drug-likeness (QED) is 0.198. The molecule has 1 aromatic carbocycles. The number of carbonyl (C=O) groups is 1. The van der Waals surface area contributed by atoms with Crippen LogP contribution in [-0.2, 0) is 14.3 Å². The first kappa shape index (κ1) is 24.6. The zero-order chi connectivity index (χ0) is 19.2. The highest BCUT2D eigenvalue weighted by atomic mass is 127. The molecule has 0 spiro atoms.